The van der Waals surface area contributed by atoms with Crippen LogP contribution >= 0.6 is 22.9 Å². The Morgan fingerprint density at radius 3 is 2.76 bits per heavy atom. The van der Waals surface area contributed by atoms with Crippen LogP contribution in [0.15, 0.2) is 30.5 Å². The first kappa shape index (κ1) is 22.4. The highest BCUT2D eigenvalue weighted by Gasteiger charge is 2.38. The van der Waals surface area contributed by atoms with Crippen LogP contribution in [-0.4, -0.2) is 38.0 Å². The molecular weight excluding hydrogens is 458 g/mol. The molecule has 3 aromatic heterocycles. The molecule has 1 amide bonds. The first-order valence-corrected chi connectivity index (χ1v) is 12.7. The Kier molecular flexibility index (Phi) is 5.95. The van der Waals surface area contributed by atoms with E-state index < -0.39 is 11.4 Å². The van der Waals surface area contributed by atoms with Crippen LogP contribution in [0, 0.1) is 11.3 Å². The van der Waals surface area contributed by atoms with Crippen LogP contribution in [0.1, 0.15) is 55.2 Å². The molecule has 4 heterocycles. The highest BCUT2D eigenvalue weighted by molar-refractivity contribution is 7.16. The van der Waals surface area contributed by atoms with Crippen molar-refractivity contribution < 1.29 is 14.7 Å². The van der Waals surface area contributed by atoms with Gasteiger partial charge < -0.3 is 14.6 Å². The van der Waals surface area contributed by atoms with Crippen molar-refractivity contribution in [3.63, 3.8) is 0 Å². The Bertz CT molecular complexity index is 1210. The smallest absolute Gasteiger partial charge is 0.309 e. The number of rotatable bonds is 5. The molecule has 0 bridgehead atoms. The number of carbonyl (C=O) groups is 2. The van der Waals surface area contributed by atoms with Gasteiger partial charge in [-0.2, -0.15) is 0 Å². The second-order valence-corrected chi connectivity index (χ2v) is 11.5. The number of carboxylic acids is 1. The predicted molar refractivity (Wildman–Crippen MR) is 130 cm³/mol. The van der Waals surface area contributed by atoms with E-state index in [-0.39, 0.29) is 11.8 Å². The fourth-order valence-electron chi connectivity index (χ4n) is 5.34. The summed E-state index contributed by atoms with van der Waals surface area (Å²) in [6.07, 6.45) is 6.05. The standard InChI is InChI=1S/C25H28ClN3O3S/c1-25(24(31)32)9-6-16(7-10-25)13-22(30)28-12-8-18-19-3-2-11-27-23(19)29(20(18)15-28)14-17-4-5-21(26)33-17/h2-5,11,16H,6-10,12-15H2,1H3,(H,31,32). The number of amides is 1. The summed E-state index contributed by atoms with van der Waals surface area (Å²) in [7, 11) is 0. The summed E-state index contributed by atoms with van der Waals surface area (Å²) >= 11 is 7.73. The molecule has 0 aromatic carbocycles. The molecule has 5 rings (SSSR count). The molecule has 174 valence electrons. The average molecular weight is 486 g/mol. The molecule has 6 nitrogen and oxygen atoms in total. The minimum absolute atomic E-state index is 0.175. The van der Waals surface area contributed by atoms with E-state index in [0.29, 0.717) is 38.9 Å². The molecule has 1 aliphatic carbocycles. The number of hydrogen-bond acceptors (Lipinski definition) is 4. The van der Waals surface area contributed by atoms with E-state index in [4.69, 9.17) is 11.6 Å². The van der Waals surface area contributed by atoms with Crippen LogP contribution in [-0.2, 0) is 29.1 Å². The van der Waals surface area contributed by atoms with Crippen molar-refractivity contribution in [3.8, 4) is 0 Å². The van der Waals surface area contributed by atoms with E-state index in [1.165, 1.54) is 10.9 Å². The minimum atomic E-state index is -0.718. The van der Waals surface area contributed by atoms with Crippen LogP contribution in [0.5, 0.6) is 0 Å². The zero-order valence-electron chi connectivity index (χ0n) is 18.7. The fraction of sp³-hybridized carbons (Fsp3) is 0.480. The largest absolute Gasteiger partial charge is 0.481 e. The Morgan fingerprint density at radius 2 is 2.06 bits per heavy atom. The van der Waals surface area contributed by atoms with Gasteiger partial charge in [0.15, 0.2) is 0 Å². The summed E-state index contributed by atoms with van der Waals surface area (Å²) < 4.78 is 3.01. The number of halogens is 1. The second-order valence-electron chi connectivity index (χ2n) is 9.67. The van der Waals surface area contributed by atoms with Gasteiger partial charge in [0.05, 0.1) is 22.8 Å². The van der Waals surface area contributed by atoms with Crippen LogP contribution in [0.25, 0.3) is 11.0 Å². The van der Waals surface area contributed by atoms with Crippen molar-refractivity contribution in [2.24, 2.45) is 11.3 Å². The van der Waals surface area contributed by atoms with Crippen molar-refractivity contribution in [2.75, 3.05) is 6.54 Å². The number of carbonyl (C=O) groups excluding carboxylic acids is 1. The minimum Gasteiger partial charge on any atom is -0.481 e. The summed E-state index contributed by atoms with van der Waals surface area (Å²) in [5.74, 6) is -0.273. The molecule has 33 heavy (non-hydrogen) atoms. The number of pyridine rings is 1. The predicted octanol–water partition coefficient (Wildman–Crippen LogP) is 5.36. The van der Waals surface area contributed by atoms with Gasteiger partial charge in [0.1, 0.15) is 5.65 Å². The highest BCUT2D eigenvalue weighted by atomic mass is 35.5. The summed E-state index contributed by atoms with van der Waals surface area (Å²) in [4.78, 5) is 32.6. The first-order chi connectivity index (χ1) is 15.8. The average Bonchev–Trinajstić information content (AvgIpc) is 3.36. The lowest BCUT2D eigenvalue weighted by Crippen LogP contribution is -2.39. The van der Waals surface area contributed by atoms with Crippen molar-refractivity contribution in [2.45, 2.75) is 58.5 Å². The van der Waals surface area contributed by atoms with Gasteiger partial charge in [-0.1, -0.05) is 11.6 Å². The van der Waals surface area contributed by atoms with Crippen molar-refractivity contribution in [3.05, 3.63) is 50.9 Å². The van der Waals surface area contributed by atoms with E-state index in [9.17, 15) is 14.7 Å². The summed E-state index contributed by atoms with van der Waals surface area (Å²) in [5.41, 5.74) is 2.77. The van der Waals surface area contributed by atoms with Gasteiger partial charge in [-0.05, 0) is 74.8 Å². The van der Waals surface area contributed by atoms with Crippen molar-refractivity contribution in [1.82, 2.24) is 14.5 Å². The maximum absolute atomic E-state index is 13.2. The number of aliphatic carboxylic acids is 1. The topological polar surface area (TPSA) is 75.4 Å². The molecule has 0 radical (unpaired) electrons. The Morgan fingerprint density at radius 1 is 1.27 bits per heavy atom. The van der Waals surface area contributed by atoms with E-state index in [1.807, 2.05) is 36.2 Å². The normalized spacial score (nSPS) is 23.0. The van der Waals surface area contributed by atoms with Gasteiger partial charge in [-0.3, -0.25) is 9.59 Å². The maximum atomic E-state index is 13.2. The highest BCUT2D eigenvalue weighted by Crippen LogP contribution is 2.40. The van der Waals surface area contributed by atoms with Crippen molar-refractivity contribution >= 4 is 45.8 Å². The summed E-state index contributed by atoms with van der Waals surface area (Å²) in [6, 6.07) is 8.06. The number of aromatic nitrogens is 2. The molecule has 0 spiro atoms. The van der Waals surface area contributed by atoms with Gasteiger partial charge in [0.25, 0.3) is 0 Å². The molecule has 3 aromatic rings. The SMILES string of the molecule is CC1(C(=O)O)CCC(CC(=O)N2CCc3c(n(Cc4ccc(Cl)s4)c4ncccc34)C2)CC1. The van der Waals surface area contributed by atoms with Crippen LogP contribution < -0.4 is 0 Å². The molecule has 1 aliphatic heterocycles. The van der Waals surface area contributed by atoms with Gasteiger partial charge in [-0.15, -0.1) is 11.3 Å². The van der Waals surface area contributed by atoms with Gasteiger partial charge in [-0.25, -0.2) is 4.98 Å². The Hall–Kier alpha value is -2.38. The fourth-order valence-corrected chi connectivity index (χ4v) is 6.42. The molecule has 1 fully saturated rings. The van der Waals surface area contributed by atoms with Gasteiger partial charge >= 0.3 is 5.97 Å². The Balaban J connectivity index is 1.34. The zero-order chi connectivity index (χ0) is 23.2. The third kappa shape index (κ3) is 4.28. The van der Waals surface area contributed by atoms with Crippen molar-refractivity contribution in [1.29, 1.82) is 0 Å². The number of fused-ring (bicyclic) bond motifs is 3. The molecule has 1 N–H and O–H groups in total. The number of thiophene rings is 1. The van der Waals surface area contributed by atoms with Crippen LogP contribution in [0.2, 0.25) is 4.34 Å². The molecule has 8 heteroatoms. The van der Waals surface area contributed by atoms with E-state index in [2.05, 4.69) is 15.6 Å². The molecule has 1 saturated carbocycles. The molecule has 2 aliphatic rings. The first-order valence-electron chi connectivity index (χ1n) is 11.5. The van der Waals surface area contributed by atoms with Gasteiger partial charge in [0.2, 0.25) is 5.91 Å². The van der Waals surface area contributed by atoms with Gasteiger partial charge in [0, 0.05) is 35.1 Å². The third-order valence-electron chi connectivity index (χ3n) is 7.50. The van der Waals surface area contributed by atoms with E-state index in [1.54, 1.807) is 11.3 Å². The van der Waals surface area contributed by atoms with Crippen LogP contribution in [0.4, 0.5) is 0 Å². The second kappa shape index (κ2) is 8.76. The third-order valence-corrected chi connectivity index (χ3v) is 8.71. The van der Waals surface area contributed by atoms with E-state index in [0.717, 1.165) is 39.8 Å². The maximum Gasteiger partial charge on any atom is 0.309 e. The van der Waals surface area contributed by atoms with Crippen LogP contribution in [0.3, 0.4) is 0 Å². The molecule has 0 atom stereocenters. The Labute approximate surface area is 202 Å². The zero-order valence-corrected chi connectivity index (χ0v) is 20.3. The number of carboxylic acid groups (broad SMARTS) is 1. The lowest BCUT2D eigenvalue weighted by Gasteiger charge is -2.35. The number of nitrogens with zero attached hydrogens (tertiary/aromatic N) is 3. The summed E-state index contributed by atoms with van der Waals surface area (Å²) in [6.45, 7) is 3.82. The lowest BCUT2D eigenvalue weighted by atomic mass is 9.71. The monoisotopic (exact) mass is 485 g/mol. The van der Waals surface area contributed by atoms with E-state index >= 15 is 0 Å². The number of hydrogen-bond donors (Lipinski definition) is 1. The molecule has 0 saturated heterocycles. The lowest BCUT2D eigenvalue weighted by molar-refractivity contribution is -0.150. The molecular formula is C25H28ClN3O3S. The summed E-state index contributed by atoms with van der Waals surface area (Å²) in [5, 5.41) is 10.6. The molecule has 0 unspecified atom stereocenters. The quantitative estimate of drug-likeness (QED) is 0.528.